The molecule has 1 aliphatic heterocycles. The summed E-state index contributed by atoms with van der Waals surface area (Å²) in [6.07, 6.45) is -0.225. The van der Waals surface area contributed by atoms with Crippen molar-refractivity contribution in [3.8, 4) is 0 Å². The molecule has 1 aliphatic rings. The molecular weight excluding hydrogens is 240 g/mol. The molecule has 0 bridgehead atoms. The Kier molecular flexibility index (Phi) is 7.29. The highest BCUT2D eigenvalue weighted by Gasteiger charge is 2.21. The van der Waals surface area contributed by atoms with Crippen molar-refractivity contribution in [1.29, 1.82) is 0 Å². The summed E-state index contributed by atoms with van der Waals surface area (Å²) in [7, 11) is 0. The smallest absolute Gasteiger partial charge is 0.0718 e. The zero-order valence-corrected chi connectivity index (χ0v) is 10.9. The summed E-state index contributed by atoms with van der Waals surface area (Å²) in [6, 6.07) is 0. The van der Waals surface area contributed by atoms with Gasteiger partial charge in [-0.2, -0.15) is 47.9 Å². The maximum absolute atomic E-state index is 9.21. The summed E-state index contributed by atoms with van der Waals surface area (Å²) in [4.78, 5) is 0. The Morgan fingerprint density at radius 1 is 1.46 bits per heavy atom. The van der Waals surface area contributed by atoms with E-state index in [-0.39, 0.29) is 6.10 Å². The van der Waals surface area contributed by atoms with Gasteiger partial charge >= 0.3 is 0 Å². The molecule has 1 nitrogen and oxygen atoms in total. The van der Waals surface area contributed by atoms with Crippen LogP contribution in [0.3, 0.4) is 0 Å². The predicted molar refractivity (Wildman–Crippen MR) is 70.8 cm³/mol. The van der Waals surface area contributed by atoms with Crippen molar-refractivity contribution in [3.05, 3.63) is 0 Å². The molecule has 0 saturated carbocycles. The topological polar surface area (TPSA) is 20.2 Å². The molecule has 13 heavy (non-hydrogen) atoms. The van der Waals surface area contributed by atoms with Crippen LogP contribution in [0.4, 0.5) is 0 Å². The molecule has 0 aromatic rings. The summed E-state index contributed by atoms with van der Waals surface area (Å²) in [5, 5.41) is 10.2. The summed E-state index contributed by atoms with van der Waals surface area (Å²) >= 11 is 9.96. The molecule has 1 rings (SSSR count). The predicted octanol–water partition coefficient (Wildman–Crippen LogP) is 1.86. The van der Waals surface area contributed by atoms with E-state index in [1.807, 2.05) is 23.5 Å². The van der Waals surface area contributed by atoms with E-state index in [1.165, 1.54) is 17.3 Å². The van der Waals surface area contributed by atoms with Crippen LogP contribution in [0.5, 0.6) is 0 Å². The van der Waals surface area contributed by atoms with Gasteiger partial charge < -0.3 is 5.11 Å². The maximum Gasteiger partial charge on any atom is 0.0718 e. The molecule has 1 N–H and O–H groups in total. The van der Waals surface area contributed by atoms with Gasteiger partial charge in [-0.15, -0.1) is 0 Å². The Labute approximate surface area is 98.6 Å². The molecule has 0 spiro atoms. The second kappa shape index (κ2) is 7.63. The second-order valence-corrected chi connectivity index (χ2v) is 6.94. The quantitative estimate of drug-likeness (QED) is 0.392. The van der Waals surface area contributed by atoms with Gasteiger partial charge in [0, 0.05) is 39.8 Å². The molecule has 0 amide bonds. The average molecular weight is 256 g/mol. The van der Waals surface area contributed by atoms with Gasteiger partial charge in [0.2, 0.25) is 0 Å². The molecule has 78 valence electrons. The highest BCUT2D eigenvalue weighted by molar-refractivity contribution is 8.09. The minimum Gasteiger partial charge on any atom is -0.391 e. The van der Waals surface area contributed by atoms with Crippen LogP contribution in [0.15, 0.2) is 0 Å². The fourth-order valence-electron chi connectivity index (χ4n) is 0.769. The van der Waals surface area contributed by atoms with E-state index >= 15 is 0 Å². The highest BCUT2D eigenvalue weighted by Crippen LogP contribution is 2.32. The Morgan fingerprint density at radius 2 is 2.15 bits per heavy atom. The van der Waals surface area contributed by atoms with Gasteiger partial charge in [-0.1, -0.05) is 0 Å². The van der Waals surface area contributed by atoms with Crippen molar-refractivity contribution >= 4 is 47.9 Å². The van der Waals surface area contributed by atoms with Crippen LogP contribution < -0.4 is 0 Å². The van der Waals surface area contributed by atoms with Gasteiger partial charge in [0.1, 0.15) is 0 Å². The van der Waals surface area contributed by atoms with E-state index in [9.17, 15) is 5.11 Å². The Bertz CT molecular complexity index is 129. The van der Waals surface area contributed by atoms with E-state index in [0.29, 0.717) is 5.75 Å². The van der Waals surface area contributed by atoms with Crippen LogP contribution in [0, 0.1) is 0 Å². The fourth-order valence-corrected chi connectivity index (χ4v) is 4.20. The maximum atomic E-state index is 9.21. The molecule has 0 aromatic carbocycles. The fraction of sp³-hybridized carbons (Fsp3) is 1.00. The Morgan fingerprint density at radius 3 is 2.77 bits per heavy atom. The number of rotatable bonds is 8. The average Bonchev–Trinajstić information content (AvgIpc) is 2.94. The Balaban J connectivity index is 1.72. The monoisotopic (exact) mass is 256 g/mol. The van der Waals surface area contributed by atoms with Crippen molar-refractivity contribution in [3.63, 3.8) is 0 Å². The third kappa shape index (κ3) is 7.31. The molecule has 1 fully saturated rings. The first-order valence-electron chi connectivity index (χ1n) is 4.39. The third-order valence-corrected chi connectivity index (χ3v) is 5.71. The molecule has 0 radical (unpaired) electrons. The van der Waals surface area contributed by atoms with E-state index in [2.05, 4.69) is 24.4 Å². The largest absolute Gasteiger partial charge is 0.391 e. The van der Waals surface area contributed by atoms with Crippen molar-refractivity contribution in [2.24, 2.45) is 0 Å². The van der Waals surface area contributed by atoms with Crippen molar-refractivity contribution in [2.45, 2.75) is 11.4 Å². The van der Waals surface area contributed by atoms with Crippen LogP contribution >= 0.6 is 47.9 Å². The highest BCUT2D eigenvalue weighted by atomic mass is 32.2. The minimum absolute atomic E-state index is 0.225. The number of hydrogen-bond donors (Lipinski definition) is 2. The van der Waals surface area contributed by atoms with E-state index in [0.717, 1.165) is 16.8 Å². The summed E-state index contributed by atoms with van der Waals surface area (Å²) < 4.78 is 0. The zero-order valence-electron chi connectivity index (χ0n) is 7.52. The first-order valence-corrected chi connectivity index (χ1v) is 8.38. The summed E-state index contributed by atoms with van der Waals surface area (Å²) in [5.74, 6) is 6.49. The summed E-state index contributed by atoms with van der Waals surface area (Å²) in [5.41, 5.74) is 0. The molecule has 0 aliphatic carbocycles. The van der Waals surface area contributed by atoms with Crippen LogP contribution in [0.1, 0.15) is 0 Å². The molecule has 1 heterocycles. The standard InChI is InChI=1S/C8H16OS4/c9-7(3-10)4-11-1-2-12-5-8-6-13-8/h7-10H,1-6H2. The molecular formula is C8H16OS4. The van der Waals surface area contributed by atoms with E-state index in [4.69, 9.17) is 0 Å². The lowest BCUT2D eigenvalue weighted by atomic mass is 10.5. The van der Waals surface area contributed by atoms with Crippen LogP contribution in [-0.4, -0.2) is 51.0 Å². The minimum atomic E-state index is -0.225. The molecule has 2 unspecified atom stereocenters. The van der Waals surface area contributed by atoms with Crippen molar-refractivity contribution < 1.29 is 5.11 Å². The normalized spacial score (nSPS) is 23.1. The van der Waals surface area contributed by atoms with Gasteiger partial charge in [0.05, 0.1) is 6.10 Å². The Hall–Kier alpha value is 1.36. The lowest BCUT2D eigenvalue weighted by Gasteiger charge is -2.05. The molecule has 5 heteroatoms. The first-order chi connectivity index (χ1) is 6.33. The number of aliphatic hydroxyl groups excluding tert-OH is 1. The van der Waals surface area contributed by atoms with E-state index in [1.54, 1.807) is 0 Å². The van der Waals surface area contributed by atoms with Crippen LogP contribution in [0.25, 0.3) is 0 Å². The zero-order chi connectivity index (χ0) is 9.52. The lowest BCUT2D eigenvalue weighted by molar-refractivity contribution is 0.225. The number of aliphatic hydroxyl groups is 1. The van der Waals surface area contributed by atoms with Gasteiger partial charge in [0.25, 0.3) is 0 Å². The second-order valence-electron chi connectivity index (χ2n) is 2.94. The third-order valence-electron chi connectivity index (χ3n) is 1.60. The van der Waals surface area contributed by atoms with E-state index < -0.39 is 0 Å². The number of thiol groups is 1. The first kappa shape index (κ1) is 12.4. The van der Waals surface area contributed by atoms with Crippen molar-refractivity contribution in [1.82, 2.24) is 0 Å². The summed E-state index contributed by atoms with van der Waals surface area (Å²) in [6.45, 7) is 0. The van der Waals surface area contributed by atoms with Crippen LogP contribution in [0.2, 0.25) is 0 Å². The SMILES string of the molecule is OC(CS)CSCCSCC1CS1. The van der Waals surface area contributed by atoms with Gasteiger partial charge in [-0.25, -0.2) is 0 Å². The molecule has 2 atom stereocenters. The lowest BCUT2D eigenvalue weighted by Crippen LogP contribution is -2.11. The van der Waals surface area contributed by atoms with Gasteiger partial charge in [-0.05, 0) is 0 Å². The van der Waals surface area contributed by atoms with Gasteiger partial charge in [0.15, 0.2) is 0 Å². The number of thioether (sulfide) groups is 3. The van der Waals surface area contributed by atoms with Crippen LogP contribution in [-0.2, 0) is 0 Å². The molecule has 1 saturated heterocycles. The molecule has 0 aromatic heterocycles. The van der Waals surface area contributed by atoms with Gasteiger partial charge in [-0.3, -0.25) is 0 Å². The number of hydrogen-bond acceptors (Lipinski definition) is 5. The van der Waals surface area contributed by atoms with Crippen molar-refractivity contribution in [2.75, 3.05) is 34.5 Å².